The van der Waals surface area contributed by atoms with E-state index in [4.69, 9.17) is 9.47 Å². The molecule has 0 spiro atoms. The summed E-state index contributed by atoms with van der Waals surface area (Å²) in [6.45, 7) is 13.3. The molecule has 1 rings (SSSR count). The van der Waals surface area contributed by atoms with E-state index in [9.17, 15) is 0 Å². The Bertz CT molecular complexity index is 231. The predicted molar refractivity (Wildman–Crippen MR) is 76.0 cm³/mol. The molecule has 1 N–H and O–H groups in total. The lowest BCUT2D eigenvalue weighted by Crippen LogP contribution is -2.47. The zero-order chi connectivity index (χ0) is 13.6. The van der Waals surface area contributed by atoms with Crippen LogP contribution in [0.1, 0.15) is 60.3 Å². The molecule has 0 aromatic rings. The Morgan fingerprint density at radius 1 is 1.28 bits per heavy atom. The Morgan fingerprint density at radius 3 is 2.39 bits per heavy atom. The molecule has 1 atom stereocenters. The van der Waals surface area contributed by atoms with E-state index in [1.54, 1.807) is 0 Å². The largest absolute Gasteiger partial charge is 0.379 e. The maximum atomic E-state index is 6.23. The first kappa shape index (κ1) is 15.9. The molecule has 1 saturated carbocycles. The summed E-state index contributed by atoms with van der Waals surface area (Å²) in [5, 5.41) is 3.55. The zero-order valence-electron chi connectivity index (χ0n) is 12.8. The summed E-state index contributed by atoms with van der Waals surface area (Å²) in [7, 11) is 0. The van der Waals surface area contributed by atoms with Gasteiger partial charge in [-0.3, -0.25) is 0 Å². The first-order valence-electron chi connectivity index (χ1n) is 7.37. The highest BCUT2D eigenvalue weighted by molar-refractivity contribution is 4.91. The van der Waals surface area contributed by atoms with Crippen LogP contribution in [0, 0.1) is 0 Å². The SMILES string of the molecule is CCOCC(C)OC1(CCNC(C)(C)C)CCC1. The van der Waals surface area contributed by atoms with Crippen LogP contribution in [-0.4, -0.2) is 37.0 Å². The number of ether oxygens (including phenoxy) is 2. The van der Waals surface area contributed by atoms with Gasteiger partial charge in [0, 0.05) is 12.1 Å². The molecule has 3 heteroatoms. The fraction of sp³-hybridized carbons (Fsp3) is 1.00. The number of hydrogen-bond donors (Lipinski definition) is 1. The molecule has 108 valence electrons. The van der Waals surface area contributed by atoms with Crippen molar-refractivity contribution in [1.29, 1.82) is 0 Å². The fourth-order valence-corrected chi connectivity index (χ4v) is 2.41. The highest BCUT2D eigenvalue weighted by Crippen LogP contribution is 2.39. The summed E-state index contributed by atoms with van der Waals surface area (Å²) >= 11 is 0. The fourth-order valence-electron chi connectivity index (χ4n) is 2.41. The van der Waals surface area contributed by atoms with Crippen LogP contribution in [0.2, 0.25) is 0 Å². The Hall–Kier alpha value is -0.120. The maximum Gasteiger partial charge on any atom is 0.0787 e. The van der Waals surface area contributed by atoms with Gasteiger partial charge in [-0.15, -0.1) is 0 Å². The molecular weight excluding hydrogens is 226 g/mol. The molecule has 1 fully saturated rings. The molecule has 1 aliphatic rings. The molecule has 0 radical (unpaired) electrons. The van der Waals surface area contributed by atoms with Crippen molar-refractivity contribution in [2.24, 2.45) is 0 Å². The van der Waals surface area contributed by atoms with Crippen LogP contribution < -0.4 is 5.32 Å². The molecule has 0 aromatic heterocycles. The highest BCUT2D eigenvalue weighted by Gasteiger charge is 2.39. The van der Waals surface area contributed by atoms with Crippen molar-refractivity contribution in [1.82, 2.24) is 5.32 Å². The smallest absolute Gasteiger partial charge is 0.0787 e. The van der Waals surface area contributed by atoms with Gasteiger partial charge in [-0.2, -0.15) is 0 Å². The van der Waals surface area contributed by atoms with Gasteiger partial charge in [0.1, 0.15) is 0 Å². The van der Waals surface area contributed by atoms with Gasteiger partial charge in [0.05, 0.1) is 18.3 Å². The van der Waals surface area contributed by atoms with Crippen molar-refractivity contribution in [3.63, 3.8) is 0 Å². The lowest BCUT2D eigenvalue weighted by molar-refractivity contribution is -0.153. The van der Waals surface area contributed by atoms with Crippen LogP contribution in [-0.2, 0) is 9.47 Å². The molecule has 0 bridgehead atoms. The third-order valence-electron chi connectivity index (χ3n) is 3.51. The third kappa shape index (κ3) is 5.68. The molecule has 0 aliphatic heterocycles. The van der Waals surface area contributed by atoms with Crippen molar-refractivity contribution < 1.29 is 9.47 Å². The molecule has 1 unspecified atom stereocenters. The van der Waals surface area contributed by atoms with E-state index in [-0.39, 0.29) is 17.2 Å². The van der Waals surface area contributed by atoms with E-state index in [2.05, 4.69) is 33.0 Å². The van der Waals surface area contributed by atoms with Gasteiger partial charge in [-0.25, -0.2) is 0 Å². The van der Waals surface area contributed by atoms with Gasteiger partial charge in [-0.05, 0) is 66.8 Å². The highest BCUT2D eigenvalue weighted by atomic mass is 16.5. The number of nitrogens with one attached hydrogen (secondary N) is 1. The topological polar surface area (TPSA) is 30.5 Å². The number of hydrogen-bond acceptors (Lipinski definition) is 3. The van der Waals surface area contributed by atoms with Crippen LogP contribution in [0.5, 0.6) is 0 Å². The summed E-state index contributed by atoms with van der Waals surface area (Å²) < 4.78 is 11.7. The van der Waals surface area contributed by atoms with Gasteiger partial charge in [0.15, 0.2) is 0 Å². The second-order valence-corrected chi connectivity index (χ2v) is 6.55. The van der Waals surface area contributed by atoms with E-state index < -0.39 is 0 Å². The summed E-state index contributed by atoms with van der Waals surface area (Å²) in [5.41, 5.74) is 0.316. The van der Waals surface area contributed by atoms with E-state index >= 15 is 0 Å². The average Bonchev–Trinajstić information content (AvgIpc) is 2.21. The van der Waals surface area contributed by atoms with Gasteiger partial charge < -0.3 is 14.8 Å². The van der Waals surface area contributed by atoms with E-state index in [1.807, 2.05) is 6.92 Å². The van der Waals surface area contributed by atoms with Gasteiger partial charge >= 0.3 is 0 Å². The van der Waals surface area contributed by atoms with Crippen LogP contribution >= 0.6 is 0 Å². The summed E-state index contributed by atoms with van der Waals surface area (Å²) in [6, 6.07) is 0. The quantitative estimate of drug-likeness (QED) is 0.724. The Morgan fingerprint density at radius 2 is 1.94 bits per heavy atom. The minimum Gasteiger partial charge on any atom is -0.379 e. The maximum absolute atomic E-state index is 6.23. The third-order valence-corrected chi connectivity index (χ3v) is 3.51. The zero-order valence-corrected chi connectivity index (χ0v) is 12.8. The molecule has 0 amide bonds. The molecule has 0 aromatic carbocycles. The Labute approximate surface area is 113 Å². The second kappa shape index (κ2) is 6.88. The second-order valence-electron chi connectivity index (χ2n) is 6.55. The van der Waals surface area contributed by atoms with Crippen LogP contribution in [0.4, 0.5) is 0 Å². The van der Waals surface area contributed by atoms with Crippen molar-refractivity contribution in [2.45, 2.75) is 77.5 Å². The van der Waals surface area contributed by atoms with E-state index in [1.165, 1.54) is 19.3 Å². The summed E-state index contributed by atoms with van der Waals surface area (Å²) in [5.74, 6) is 0. The monoisotopic (exact) mass is 257 g/mol. The molecular formula is C15H31NO2. The average molecular weight is 257 g/mol. The summed E-state index contributed by atoms with van der Waals surface area (Å²) in [4.78, 5) is 0. The normalized spacial score (nSPS) is 20.5. The number of rotatable bonds is 8. The van der Waals surface area contributed by atoms with Crippen LogP contribution in [0.3, 0.4) is 0 Å². The molecule has 3 nitrogen and oxygen atoms in total. The van der Waals surface area contributed by atoms with Crippen LogP contribution in [0.15, 0.2) is 0 Å². The first-order valence-corrected chi connectivity index (χ1v) is 7.37. The lowest BCUT2D eigenvalue weighted by Gasteiger charge is -2.44. The minimum absolute atomic E-state index is 0.120. The van der Waals surface area contributed by atoms with Gasteiger partial charge in [-0.1, -0.05) is 0 Å². The standard InChI is InChI=1S/C15H31NO2/c1-6-17-12-13(2)18-15(8-7-9-15)10-11-16-14(3,4)5/h13,16H,6-12H2,1-5H3. The lowest BCUT2D eigenvalue weighted by atomic mass is 9.77. The van der Waals surface area contributed by atoms with Crippen molar-refractivity contribution in [3.05, 3.63) is 0 Å². The van der Waals surface area contributed by atoms with Gasteiger partial charge in [0.2, 0.25) is 0 Å². The molecule has 1 aliphatic carbocycles. The van der Waals surface area contributed by atoms with Gasteiger partial charge in [0.25, 0.3) is 0 Å². The van der Waals surface area contributed by atoms with E-state index in [0.717, 1.165) is 19.6 Å². The van der Waals surface area contributed by atoms with Crippen molar-refractivity contribution in [2.75, 3.05) is 19.8 Å². The molecule has 0 saturated heterocycles. The summed E-state index contributed by atoms with van der Waals surface area (Å²) in [6.07, 6.45) is 5.03. The predicted octanol–water partition coefficient (Wildman–Crippen LogP) is 3.13. The Balaban J connectivity index is 2.29. The Kier molecular flexibility index (Phi) is 6.09. The molecule has 0 heterocycles. The van der Waals surface area contributed by atoms with E-state index in [0.29, 0.717) is 6.61 Å². The van der Waals surface area contributed by atoms with Crippen molar-refractivity contribution >= 4 is 0 Å². The van der Waals surface area contributed by atoms with Crippen molar-refractivity contribution in [3.8, 4) is 0 Å². The first-order chi connectivity index (χ1) is 8.37. The minimum atomic E-state index is 0.120. The van der Waals surface area contributed by atoms with Crippen LogP contribution in [0.25, 0.3) is 0 Å². The molecule has 18 heavy (non-hydrogen) atoms.